The molecular weight excluding hydrogens is 370 g/mol. The molecule has 1 aromatic carbocycles. The second-order valence-electron chi connectivity index (χ2n) is 7.58. The molecule has 4 rings (SSSR count). The first-order valence-electron chi connectivity index (χ1n) is 9.53. The van der Waals surface area contributed by atoms with E-state index in [0.29, 0.717) is 12.4 Å². The average Bonchev–Trinajstić information content (AvgIpc) is 3.31. The number of oxazole rings is 1. The largest absolute Gasteiger partial charge is 0.440 e. The van der Waals surface area contributed by atoms with Gasteiger partial charge in [-0.05, 0) is 55.6 Å². The van der Waals surface area contributed by atoms with E-state index in [0.717, 1.165) is 35.8 Å². The molecule has 0 radical (unpaired) electrons. The Bertz CT molecular complexity index is 976. The Morgan fingerprint density at radius 1 is 1.29 bits per heavy atom. The maximum absolute atomic E-state index is 12.9. The molecule has 0 spiro atoms. The highest BCUT2D eigenvalue weighted by atomic mass is 32.1. The smallest absolute Gasteiger partial charge is 0.236 e. The van der Waals surface area contributed by atoms with Gasteiger partial charge in [0.2, 0.25) is 11.8 Å². The monoisotopic (exact) mass is 395 g/mol. The number of amides is 1. The fraction of sp³-hybridized carbons (Fsp3) is 0.364. The quantitative estimate of drug-likeness (QED) is 0.657. The lowest BCUT2D eigenvalue weighted by molar-refractivity contribution is -0.131. The zero-order valence-corrected chi connectivity index (χ0v) is 17.4. The summed E-state index contributed by atoms with van der Waals surface area (Å²) in [5.41, 5.74) is 4.67. The summed E-state index contributed by atoms with van der Waals surface area (Å²) < 4.78 is 5.77. The van der Waals surface area contributed by atoms with Gasteiger partial charge in [-0.15, -0.1) is 11.3 Å². The van der Waals surface area contributed by atoms with E-state index < -0.39 is 0 Å². The number of nitrogens with zero attached hydrogens (tertiary/aromatic N) is 3. The number of aromatic nitrogens is 1. The Morgan fingerprint density at radius 2 is 2.14 bits per heavy atom. The second kappa shape index (κ2) is 7.89. The predicted octanol–water partition coefficient (Wildman–Crippen LogP) is 3.90. The van der Waals surface area contributed by atoms with E-state index in [9.17, 15) is 4.79 Å². The van der Waals surface area contributed by atoms with Crippen molar-refractivity contribution in [3.05, 3.63) is 63.9 Å². The van der Waals surface area contributed by atoms with Crippen molar-refractivity contribution in [3.8, 4) is 10.8 Å². The zero-order chi connectivity index (χ0) is 19.7. The van der Waals surface area contributed by atoms with Crippen LogP contribution < -0.4 is 0 Å². The van der Waals surface area contributed by atoms with Gasteiger partial charge in [-0.1, -0.05) is 24.3 Å². The SMILES string of the molecule is Cc1oc(-c2cccs2)nc1CC(=O)N1CCc2cc(CN(C)C)ccc2C1. The molecule has 28 heavy (non-hydrogen) atoms. The van der Waals surface area contributed by atoms with E-state index in [4.69, 9.17) is 4.42 Å². The molecule has 2 aromatic heterocycles. The summed E-state index contributed by atoms with van der Waals surface area (Å²) in [4.78, 5) is 22.5. The van der Waals surface area contributed by atoms with Crippen molar-refractivity contribution < 1.29 is 9.21 Å². The van der Waals surface area contributed by atoms with Crippen molar-refractivity contribution in [1.82, 2.24) is 14.8 Å². The summed E-state index contributed by atoms with van der Waals surface area (Å²) in [7, 11) is 4.16. The minimum atomic E-state index is 0.108. The number of hydrogen-bond donors (Lipinski definition) is 0. The lowest BCUT2D eigenvalue weighted by atomic mass is 9.97. The van der Waals surface area contributed by atoms with Crippen molar-refractivity contribution in [2.24, 2.45) is 0 Å². The van der Waals surface area contributed by atoms with Crippen LogP contribution in [-0.2, 0) is 30.7 Å². The first-order chi connectivity index (χ1) is 13.5. The number of fused-ring (bicyclic) bond motifs is 1. The van der Waals surface area contributed by atoms with E-state index >= 15 is 0 Å². The zero-order valence-electron chi connectivity index (χ0n) is 16.6. The topological polar surface area (TPSA) is 49.6 Å². The summed E-state index contributed by atoms with van der Waals surface area (Å²) >= 11 is 1.59. The highest BCUT2D eigenvalue weighted by Gasteiger charge is 2.23. The molecule has 1 amide bonds. The van der Waals surface area contributed by atoms with Crippen LogP contribution in [0.1, 0.15) is 28.1 Å². The lowest BCUT2D eigenvalue weighted by Crippen LogP contribution is -2.37. The molecular formula is C22H25N3O2S. The van der Waals surface area contributed by atoms with E-state index in [1.165, 1.54) is 16.7 Å². The maximum atomic E-state index is 12.9. The minimum Gasteiger partial charge on any atom is -0.440 e. The predicted molar refractivity (Wildman–Crippen MR) is 111 cm³/mol. The summed E-state index contributed by atoms with van der Waals surface area (Å²) in [6, 6.07) is 10.6. The average molecular weight is 396 g/mol. The number of aryl methyl sites for hydroxylation is 1. The first-order valence-corrected chi connectivity index (χ1v) is 10.4. The van der Waals surface area contributed by atoms with Gasteiger partial charge in [-0.2, -0.15) is 0 Å². The summed E-state index contributed by atoms with van der Waals surface area (Å²) in [5.74, 6) is 1.44. The third kappa shape index (κ3) is 4.03. The van der Waals surface area contributed by atoms with Gasteiger partial charge in [0.1, 0.15) is 5.76 Å². The van der Waals surface area contributed by atoms with Gasteiger partial charge in [0.25, 0.3) is 0 Å². The first kappa shape index (κ1) is 18.9. The highest BCUT2D eigenvalue weighted by Crippen LogP contribution is 2.27. The summed E-state index contributed by atoms with van der Waals surface area (Å²) in [6.45, 7) is 4.25. The number of carbonyl (C=O) groups excluding carboxylic acids is 1. The van der Waals surface area contributed by atoms with Gasteiger partial charge in [-0.25, -0.2) is 4.98 Å². The molecule has 0 aliphatic carbocycles. The Labute approximate surface area is 169 Å². The minimum absolute atomic E-state index is 0.108. The standard InChI is InChI=1S/C22H25N3O2S/c1-15-19(23-22(27-15)20-5-4-10-28-20)12-21(26)25-9-8-17-11-16(13-24(2)3)6-7-18(17)14-25/h4-7,10-11H,8-9,12-14H2,1-3H3. The highest BCUT2D eigenvalue weighted by molar-refractivity contribution is 7.13. The molecule has 0 unspecified atom stereocenters. The van der Waals surface area contributed by atoms with E-state index in [2.05, 4.69) is 42.2 Å². The summed E-state index contributed by atoms with van der Waals surface area (Å²) in [6.07, 6.45) is 1.19. The second-order valence-corrected chi connectivity index (χ2v) is 8.53. The molecule has 0 atom stereocenters. The Balaban J connectivity index is 1.44. The Kier molecular flexibility index (Phi) is 5.33. The molecule has 146 valence electrons. The van der Waals surface area contributed by atoms with Gasteiger partial charge in [0, 0.05) is 19.6 Å². The third-order valence-corrected chi connectivity index (χ3v) is 5.94. The van der Waals surface area contributed by atoms with Crippen LogP contribution in [0, 0.1) is 6.92 Å². The normalized spacial score (nSPS) is 13.8. The molecule has 3 aromatic rings. The molecule has 0 bridgehead atoms. The van der Waals surface area contributed by atoms with Crippen LogP contribution >= 0.6 is 11.3 Å². The molecule has 0 saturated carbocycles. The Hall–Kier alpha value is -2.44. The summed E-state index contributed by atoms with van der Waals surface area (Å²) in [5, 5.41) is 1.99. The van der Waals surface area contributed by atoms with Crippen LogP contribution in [0.5, 0.6) is 0 Å². The van der Waals surface area contributed by atoms with Crippen molar-refractivity contribution in [2.75, 3.05) is 20.6 Å². The van der Waals surface area contributed by atoms with Gasteiger partial charge in [-0.3, -0.25) is 4.79 Å². The van der Waals surface area contributed by atoms with Crippen LogP contribution in [0.4, 0.5) is 0 Å². The van der Waals surface area contributed by atoms with Gasteiger partial charge in [0.05, 0.1) is 17.0 Å². The van der Waals surface area contributed by atoms with Crippen LogP contribution in [0.2, 0.25) is 0 Å². The lowest BCUT2D eigenvalue weighted by Gasteiger charge is -2.29. The van der Waals surface area contributed by atoms with Gasteiger partial charge in [0.15, 0.2) is 0 Å². The Morgan fingerprint density at radius 3 is 2.89 bits per heavy atom. The van der Waals surface area contributed by atoms with Crippen molar-refractivity contribution >= 4 is 17.2 Å². The molecule has 3 heterocycles. The van der Waals surface area contributed by atoms with Gasteiger partial charge >= 0.3 is 0 Å². The fourth-order valence-electron chi connectivity index (χ4n) is 3.64. The van der Waals surface area contributed by atoms with Crippen LogP contribution in [0.3, 0.4) is 0 Å². The van der Waals surface area contributed by atoms with Crippen molar-refractivity contribution in [1.29, 1.82) is 0 Å². The fourth-order valence-corrected chi connectivity index (χ4v) is 4.28. The van der Waals surface area contributed by atoms with Crippen LogP contribution in [-0.4, -0.2) is 41.3 Å². The maximum Gasteiger partial charge on any atom is 0.236 e. The van der Waals surface area contributed by atoms with E-state index in [-0.39, 0.29) is 12.3 Å². The molecule has 0 N–H and O–H groups in total. The van der Waals surface area contributed by atoms with Crippen LogP contribution in [0.25, 0.3) is 10.8 Å². The molecule has 1 aliphatic rings. The number of hydrogen-bond acceptors (Lipinski definition) is 5. The molecule has 0 fully saturated rings. The number of thiophene rings is 1. The molecule has 5 nitrogen and oxygen atoms in total. The number of rotatable bonds is 5. The van der Waals surface area contributed by atoms with Gasteiger partial charge < -0.3 is 14.2 Å². The van der Waals surface area contributed by atoms with E-state index in [1.54, 1.807) is 11.3 Å². The van der Waals surface area contributed by atoms with Crippen molar-refractivity contribution in [3.63, 3.8) is 0 Å². The number of carbonyl (C=O) groups is 1. The molecule has 0 saturated heterocycles. The molecule has 1 aliphatic heterocycles. The molecule has 6 heteroatoms. The van der Waals surface area contributed by atoms with E-state index in [1.807, 2.05) is 29.3 Å². The third-order valence-electron chi connectivity index (χ3n) is 5.08. The van der Waals surface area contributed by atoms with Crippen molar-refractivity contribution in [2.45, 2.75) is 32.9 Å². The van der Waals surface area contributed by atoms with Crippen LogP contribution in [0.15, 0.2) is 40.1 Å². The number of benzene rings is 1.